The van der Waals surface area contributed by atoms with Crippen LogP contribution in [0.25, 0.3) is 22.2 Å². The summed E-state index contributed by atoms with van der Waals surface area (Å²) in [7, 11) is 3.19. The first-order valence-corrected chi connectivity index (χ1v) is 14.7. The Hall–Kier alpha value is -5.85. The highest BCUT2D eigenvalue weighted by Gasteiger charge is 2.21. The van der Waals surface area contributed by atoms with E-state index in [9.17, 15) is 9.59 Å². The summed E-state index contributed by atoms with van der Waals surface area (Å²) >= 11 is 0. The molecule has 0 radical (unpaired) electrons. The van der Waals surface area contributed by atoms with Gasteiger partial charge in [-0.05, 0) is 66.8 Å². The molecule has 0 fully saturated rings. The molecule has 0 unspecified atom stereocenters. The van der Waals surface area contributed by atoms with Crippen LogP contribution >= 0.6 is 0 Å². The lowest BCUT2D eigenvalue weighted by molar-refractivity contribution is -0.113. The van der Waals surface area contributed by atoms with Crippen molar-refractivity contribution in [2.45, 2.75) is 0 Å². The Morgan fingerprint density at radius 1 is 0.809 bits per heavy atom. The Kier molecular flexibility index (Phi) is 9.61. The molecule has 1 N–H and O–H groups in total. The van der Waals surface area contributed by atoms with Crippen molar-refractivity contribution in [2.75, 3.05) is 46.0 Å². The number of rotatable bonds is 14. The Bertz CT molecular complexity index is 1950. The molecule has 6 rings (SSSR count). The van der Waals surface area contributed by atoms with E-state index < -0.39 is 0 Å². The van der Waals surface area contributed by atoms with E-state index in [4.69, 9.17) is 23.7 Å². The number of imidazole rings is 1. The van der Waals surface area contributed by atoms with Crippen LogP contribution in [0.15, 0.2) is 97.9 Å². The second-order valence-corrected chi connectivity index (χ2v) is 10.3. The van der Waals surface area contributed by atoms with Crippen molar-refractivity contribution in [3.05, 3.63) is 103 Å². The number of hydrogen-bond donors (Lipinski definition) is 1. The van der Waals surface area contributed by atoms with E-state index in [0.29, 0.717) is 77.4 Å². The molecule has 1 aliphatic carbocycles. The molecule has 0 saturated carbocycles. The van der Waals surface area contributed by atoms with Crippen molar-refractivity contribution < 1.29 is 33.3 Å². The molecule has 0 aliphatic heterocycles. The van der Waals surface area contributed by atoms with Gasteiger partial charge in [0, 0.05) is 60.6 Å². The third kappa shape index (κ3) is 7.35. The Morgan fingerprint density at radius 3 is 2.28 bits per heavy atom. The largest absolute Gasteiger partial charge is 0.487 e. The Labute approximate surface area is 270 Å². The summed E-state index contributed by atoms with van der Waals surface area (Å²) in [5.74, 6) is 1.88. The second-order valence-electron chi connectivity index (χ2n) is 10.3. The smallest absolute Gasteiger partial charge is 0.186 e. The van der Waals surface area contributed by atoms with E-state index in [-0.39, 0.29) is 17.1 Å². The molecule has 2 aromatic heterocycles. The summed E-state index contributed by atoms with van der Waals surface area (Å²) in [5.41, 5.74) is 2.73. The number of aromatic nitrogens is 4. The average Bonchev–Trinajstić information content (AvgIpc) is 3.63. The Morgan fingerprint density at radius 2 is 1.55 bits per heavy atom. The molecule has 0 bridgehead atoms. The number of ketones is 2. The quantitative estimate of drug-likeness (QED) is 0.123. The molecule has 5 aromatic rings. The molecule has 47 heavy (non-hydrogen) atoms. The topological polar surface area (TPSA) is 136 Å². The number of carbonyl (C=O) groups is 2. The lowest BCUT2D eigenvalue weighted by atomic mass is 9.94. The van der Waals surface area contributed by atoms with E-state index in [2.05, 4.69) is 20.3 Å². The van der Waals surface area contributed by atoms with Gasteiger partial charge in [0.1, 0.15) is 36.9 Å². The van der Waals surface area contributed by atoms with Crippen LogP contribution in [0.1, 0.15) is 5.56 Å². The van der Waals surface area contributed by atoms with E-state index in [1.807, 2.05) is 35.0 Å². The van der Waals surface area contributed by atoms with E-state index in [1.54, 1.807) is 57.1 Å². The lowest BCUT2D eigenvalue weighted by Gasteiger charge is -2.18. The molecule has 3 aromatic carbocycles. The SMILES string of the molecule is COCCOc1cc2ncnc(Nc3ccc(Oc4ccc(-n5ccnc5)cc4)cc3C3=CC(=O)C=CC3=O)c2cc1OCCOC. The average molecular weight is 634 g/mol. The highest BCUT2D eigenvalue weighted by molar-refractivity contribution is 6.34. The van der Waals surface area contributed by atoms with Crippen molar-refractivity contribution in [3.8, 4) is 28.7 Å². The first-order chi connectivity index (χ1) is 23.0. The molecule has 0 spiro atoms. The minimum Gasteiger partial charge on any atom is -0.487 e. The molecule has 2 heterocycles. The number of nitrogens with zero attached hydrogens (tertiary/aromatic N) is 4. The first kappa shape index (κ1) is 31.1. The van der Waals surface area contributed by atoms with Crippen LogP contribution in [-0.2, 0) is 19.1 Å². The molecular weight excluding hydrogens is 602 g/mol. The number of methoxy groups -OCH3 is 2. The highest BCUT2D eigenvalue weighted by Crippen LogP contribution is 2.38. The summed E-state index contributed by atoms with van der Waals surface area (Å²) < 4.78 is 30.2. The van der Waals surface area contributed by atoms with Gasteiger partial charge in [0.2, 0.25) is 0 Å². The van der Waals surface area contributed by atoms with Gasteiger partial charge in [0.25, 0.3) is 0 Å². The second kappa shape index (κ2) is 14.5. The molecular formula is C35H31N5O7. The summed E-state index contributed by atoms with van der Waals surface area (Å²) in [6.45, 7) is 1.41. The van der Waals surface area contributed by atoms with Crippen LogP contribution in [0.4, 0.5) is 11.5 Å². The van der Waals surface area contributed by atoms with Gasteiger partial charge in [-0.2, -0.15) is 0 Å². The zero-order valence-corrected chi connectivity index (χ0v) is 25.7. The van der Waals surface area contributed by atoms with Gasteiger partial charge in [0.15, 0.2) is 23.1 Å². The third-order valence-corrected chi connectivity index (χ3v) is 7.15. The number of ether oxygens (including phenoxy) is 5. The number of carbonyl (C=O) groups excluding carboxylic acids is 2. The fourth-order valence-electron chi connectivity index (χ4n) is 4.86. The summed E-state index contributed by atoms with van der Waals surface area (Å²) in [4.78, 5) is 38.4. The molecule has 12 heteroatoms. The number of hydrogen-bond acceptors (Lipinski definition) is 11. The fraction of sp³-hybridized carbons (Fsp3) is 0.171. The summed E-state index contributed by atoms with van der Waals surface area (Å²) in [5, 5.41) is 3.99. The number of anilines is 2. The van der Waals surface area contributed by atoms with Crippen molar-refractivity contribution in [1.29, 1.82) is 0 Å². The predicted octanol–water partition coefficient (Wildman–Crippen LogP) is 5.49. The van der Waals surface area contributed by atoms with Gasteiger partial charge in [-0.25, -0.2) is 15.0 Å². The van der Waals surface area contributed by atoms with Crippen molar-refractivity contribution in [2.24, 2.45) is 0 Å². The number of benzene rings is 3. The van der Waals surface area contributed by atoms with Crippen LogP contribution in [0.2, 0.25) is 0 Å². The van der Waals surface area contributed by atoms with Gasteiger partial charge in [0.05, 0.1) is 25.1 Å². The number of nitrogens with one attached hydrogen (secondary N) is 1. The van der Waals surface area contributed by atoms with Gasteiger partial charge >= 0.3 is 0 Å². The van der Waals surface area contributed by atoms with Gasteiger partial charge in [-0.3, -0.25) is 9.59 Å². The van der Waals surface area contributed by atoms with Crippen molar-refractivity contribution in [1.82, 2.24) is 19.5 Å². The van der Waals surface area contributed by atoms with Gasteiger partial charge in [-0.15, -0.1) is 0 Å². The standard InChI is InChI=1S/C35H31N5O7/c1-43-13-15-45-33-19-29-31(20-34(33)46-16-14-44-2)37-21-38-35(29)39-30-9-8-26(18-27(30)28-17-24(41)5-10-32(28)42)47-25-6-3-23(4-7-25)40-12-11-36-22-40/h3-12,17-22H,13-16H2,1-2H3,(H,37,38,39). The molecule has 238 valence electrons. The normalized spacial score (nSPS) is 12.7. The fourth-order valence-corrected chi connectivity index (χ4v) is 4.86. The number of allylic oxidation sites excluding steroid dienone is 4. The maximum Gasteiger partial charge on any atom is 0.186 e. The summed E-state index contributed by atoms with van der Waals surface area (Å²) in [6, 6.07) is 16.3. The van der Waals surface area contributed by atoms with Crippen molar-refractivity contribution in [3.63, 3.8) is 0 Å². The van der Waals surface area contributed by atoms with E-state index in [0.717, 1.165) is 5.69 Å². The van der Waals surface area contributed by atoms with Crippen LogP contribution in [-0.4, -0.2) is 71.7 Å². The van der Waals surface area contributed by atoms with E-state index in [1.165, 1.54) is 24.6 Å². The van der Waals surface area contributed by atoms with Gasteiger partial charge in [-0.1, -0.05) is 0 Å². The van der Waals surface area contributed by atoms with Crippen LogP contribution < -0.4 is 19.5 Å². The molecule has 1 aliphatic rings. The highest BCUT2D eigenvalue weighted by atomic mass is 16.5. The van der Waals surface area contributed by atoms with Crippen LogP contribution in [0.3, 0.4) is 0 Å². The molecule has 0 atom stereocenters. The zero-order valence-electron chi connectivity index (χ0n) is 25.7. The Balaban J connectivity index is 1.35. The van der Waals surface area contributed by atoms with Crippen LogP contribution in [0, 0.1) is 0 Å². The predicted molar refractivity (Wildman–Crippen MR) is 175 cm³/mol. The van der Waals surface area contributed by atoms with Gasteiger partial charge < -0.3 is 33.6 Å². The minimum absolute atomic E-state index is 0.219. The molecule has 0 amide bonds. The first-order valence-electron chi connectivity index (χ1n) is 14.7. The molecule has 0 saturated heterocycles. The maximum atomic E-state index is 13.0. The zero-order chi connectivity index (χ0) is 32.6. The monoisotopic (exact) mass is 633 g/mol. The van der Waals surface area contributed by atoms with E-state index >= 15 is 0 Å². The lowest BCUT2D eigenvalue weighted by Crippen LogP contribution is -2.10. The van der Waals surface area contributed by atoms with Crippen LogP contribution in [0.5, 0.6) is 23.0 Å². The maximum absolute atomic E-state index is 13.0. The summed E-state index contributed by atoms with van der Waals surface area (Å²) in [6.07, 6.45) is 10.5. The minimum atomic E-state index is -0.311. The molecule has 12 nitrogen and oxygen atoms in total. The third-order valence-electron chi connectivity index (χ3n) is 7.15. The number of fused-ring (bicyclic) bond motifs is 1. The van der Waals surface area contributed by atoms with Crippen molar-refractivity contribution >= 4 is 39.5 Å².